The molecule has 13 heteroatoms. The second-order valence-electron chi connectivity index (χ2n) is 4.66. The van der Waals surface area contributed by atoms with Gasteiger partial charge in [0.1, 0.15) is 16.8 Å². The Morgan fingerprint density at radius 1 is 1.38 bits per heavy atom. The number of hydrogen-bond donors (Lipinski definition) is 1. The highest BCUT2D eigenvalue weighted by Crippen LogP contribution is 2.36. The molecule has 2 rings (SSSR count). The van der Waals surface area contributed by atoms with Gasteiger partial charge in [-0.2, -0.15) is 23.5 Å². The number of halogens is 7. The van der Waals surface area contributed by atoms with Crippen LogP contribution in [0.5, 0.6) is 0 Å². The molecule has 0 amide bonds. The van der Waals surface area contributed by atoms with E-state index in [0.717, 1.165) is 10.7 Å². The van der Waals surface area contributed by atoms with Crippen LogP contribution in [-0.4, -0.2) is 20.0 Å². The lowest BCUT2D eigenvalue weighted by atomic mass is 10.1. The molecule has 0 aliphatic carbocycles. The van der Waals surface area contributed by atoms with Gasteiger partial charge in [-0.15, -0.1) is 0 Å². The molecule has 1 aromatic heterocycles. The number of alkyl halides is 4. The van der Waals surface area contributed by atoms with Crippen molar-refractivity contribution in [3.8, 4) is 11.8 Å². The van der Waals surface area contributed by atoms with Crippen LogP contribution in [0.1, 0.15) is 16.8 Å². The molecule has 2 N–H and O–H groups in total. The Morgan fingerprint density at radius 3 is 2.38 bits per heavy atom. The zero-order valence-electron chi connectivity index (χ0n) is 12.8. The van der Waals surface area contributed by atoms with Crippen LogP contribution in [-0.2, 0) is 17.0 Å². The number of nitriles is 1. The van der Waals surface area contributed by atoms with Crippen molar-refractivity contribution in [2.45, 2.75) is 18.0 Å². The van der Waals surface area contributed by atoms with Crippen LogP contribution < -0.4 is 5.73 Å². The molecule has 1 unspecified atom stereocenters. The van der Waals surface area contributed by atoms with Crippen molar-refractivity contribution >= 4 is 28.2 Å². The van der Waals surface area contributed by atoms with Crippen molar-refractivity contribution < 1.29 is 31.2 Å². The molecule has 26 heavy (non-hydrogen) atoms. The van der Waals surface area contributed by atoms with Crippen LogP contribution in [0.2, 0.25) is 5.02 Å². The Labute approximate surface area is 150 Å². The van der Waals surface area contributed by atoms with Gasteiger partial charge in [-0.25, -0.2) is 9.07 Å². The summed E-state index contributed by atoms with van der Waals surface area (Å²) in [4.78, 5) is -0.324. The van der Waals surface area contributed by atoms with E-state index in [1.165, 1.54) is 6.92 Å². The maximum Gasteiger partial charge on any atom is 0.416 e. The highest BCUT2D eigenvalue weighted by atomic mass is 35.5. The van der Waals surface area contributed by atoms with Gasteiger partial charge in [0.05, 0.1) is 27.1 Å². The summed E-state index contributed by atoms with van der Waals surface area (Å²) >= 11 is 5.92. The average Bonchev–Trinajstić information content (AvgIpc) is 2.81. The van der Waals surface area contributed by atoms with Crippen LogP contribution in [0, 0.1) is 18.3 Å². The van der Waals surface area contributed by atoms with E-state index in [-0.39, 0.29) is 42.1 Å². The molecule has 0 aliphatic heterocycles. The molecule has 1 heterocycles. The van der Waals surface area contributed by atoms with Crippen LogP contribution in [0.15, 0.2) is 17.0 Å². The van der Waals surface area contributed by atoms with Crippen LogP contribution in [0.3, 0.4) is 0 Å². The van der Waals surface area contributed by atoms with Crippen molar-refractivity contribution in [2.75, 3.05) is 11.7 Å². The van der Waals surface area contributed by atoms with E-state index in [9.17, 15) is 21.8 Å². The number of aromatic nitrogens is 2. The van der Waals surface area contributed by atoms with Gasteiger partial charge in [0.15, 0.2) is 11.7 Å². The average molecular weight is 421 g/mol. The summed E-state index contributed by atoms with van der Waals surface area (Å²) in [5.41, 5.74) is 4.47. The van der Waals surface area contributed by atoms with Crippen molar-refractivity contribution in [1.82, 2.24) is 9.78 Å². The molecule has 0 saturated heterocycles. The highest BCUT2D eigenvalue weighted by Gasteiger charge is 2.32. The molecule has 5 nitrogen and oxygen atoms in total. The SMILES string of the molecule is Cc1cc(C(F)(F)F)cc(Cl)c1-n1nc(C#N)c(S(=O)CF)c1N.F.F. The quantitative estimate of drug-likeness (QED) is 0.768. The summed E-state index contributed by atoms with van der Waals surface area (Å²) < 4.78 is 63.7. The van der Waals surface area contributed by atoms with Gasteiger partial charge in [-0.05, 0) is 24.6 Å². The first kappa shape index (κ1) is 23.7. The number of rotatable bonds is 3. The fourth-order valence-electron chi connectivity index (χ4n) is 2.11. The van der Waals surface area contributed by atoms with E-state index >= 15 is 0 Å². The largest absolute Gasteiger partial charge is 0.416 e. The lowest BCUT2D eigenvalue weighted by Crippen LogP contribution is -2.10. The fourth-order valence-corrected chi connectivity index (χ4v) is 3.19. The Balaban J connectivity index is 0.00000312. The van der Waals surface area contributed by atoms with E-state index in [1.807, 2.05) is 0 Å². The normalized spacial score (nSPS) is 11.9. The van der Waals surface area contributed by atoms with Crippen molar-refractivity contribution in [2.24, 2.45) is 0 Å². The number of nitrogens with zero attached hydrogens (tertiary/aromatic N) is 3. The Morgan fingerprint density at radius 2 is 1.96 bits per heavy atom. The predicted molar refractivity (Wildman–Crippen MR) is 84.8 cm³/mol. The van der Waals surface area contributed by atoms with E-state index < -0.39 is 28.5 Å². The molecule has 0 aliphatic rings. The van der Waals surface area contributed by atoms with E-state index in [0.29, 0.717) is 6.07 Å². The molecule has 144 valence electrons. The number of anilines is 1. The van der Waals surface area contributed by atoms with Gasteiger partial charge >= 0.3 is 6.18 Å². The minimum absolute atomic E-state index is 0. The summed E-state index contributed by atoms with van der Waals surface area (Å²) in [6, 6.07) is 1.85. The molecule has 0 fully saturated rings. The lowest BCUT2D eigenvalue weighted by molar-refractivity contribution is -0.137. The monoisotopic (exact) mass is 420 g/mol. The van der Waals surface area contributed by atoms with Gasteiger partial charge in [-0.1, -0.05) is 11.6 Å². The third-order valence-corrected chi connectivity index (χ3v) is 4.45. The molecule has 1 atom stereocenters. The van der Waals surface area contributed by atoms with Crippen molar-refractivity contribution in [3.63, 3.8) is 0 Å². The number of hydrogen-bond acceptors (Lipinski definition) is 4. The zero-order chi connectivity index (χ0) is 18.2. The molecular formula is C13H11ClF6N4OS. The molecule has 0 radical (unpaired) electrons. The van der Waals surface area contributed by atoms with E-state index in [2.05, 4.69) is 5.10 Å². The molecule has 1 aromatic carbocycles. The Bertz CT molecular complexity index is 854. The summed E-state index contributed by atoms with van der Waals surface area (Å²) in [5, 5.41) is 12.5. The minimum atomic E-state index is -4.60. The molecule has 0 bridgehead atoms. The lowest BCUT2D eigenvalue weighted by Gasteiger charge is -2.14. The summed E-state index contributed by atoms with van der Waals surface area (Å²) in [6.07, 6.45) is -4.60. The predicted octanol–water partition coefficient (Wildman–Crippen LogP) is 3.65. The first-order chi connectivity index (χ1) is 11.1. The highest BCUT2D eigenvalue weighted by molar-refractivity contribution is 7.85. The van der Waals surface area contributed by atoms with Gasteiger partial charge < -0.3 is 5.73 Å². The fraction of sp³-hybridized carbons (Fsp3) is 0.231. The third kappa shape index (κ3) is 4.10. The first-order valence-electron chi connectivity index (χ1n) is 6.22. The van der Waals surface area contributed by atoms with E-state index in [4.69, 9.17) is 22.6 Å². The van der Waals surface area contributed by atoms with Gasteiger partial charge in [0.25, 0.3) is 0 Å². The maximum atomic E-state index is 12.8. The number of nitrogen functional groups attached to an aromatic ring is 1. The number of benzene rings is 1. The van der Waals surface area contributed by atoms with Crippen molar-refractivity contribution in [3.05, 3.63) is 34.0 Å². The second-order valence-corrected chi connectivity index (χ2v) is 6.39. The van der Waals surface area contributed by atoms with Crippen LogP contribution in [0.25, 0.3) is 5.69 Å². The summed E-state index contributed by atoms with van der Waals surface area (Å²) in [6.45, 7) is 1.34. The Kier molecular flexibility index (Phi) is 7.68. The smallest absolute Gasteiger partial charge is 0.383 e. The summed E-state index contributed by atoms with van der Waals surface area (Å²) in [7, 11) is -2.22. The number of aryl methyl sites for hydroxylation is 1. The third-order valence-electron chi connectivity index (χ3n) is 3.10. The molecule has 0 spiro atoms. The topological polar surface area (TPSA) is 84.7 Å². The van der Waals surface area contributed by atoms with Gasteiger partial charge in [0.2, 0.25) is 0 Å². The second kappa shape index (κ2) is 8.41. The standard InChI is InChI=1S/C13H9ClF4N4OS.2FH/c1-6-2-7(13(16,17)18)3-8(14)10(6)22-12(20)11(24(23)5-15)9(4-19)21-22;;/h2-3H,5,20H2,1H3;2*1H. The van der Waals surface area contributed by atoms with Crippen LogP contribution >= 0.6 is 11.6 Å². The maximum absolute atomic E-state index is 12.8. The first-order valence-corrected chi connectivity index (χ1v) is 7.92. The van der Waals surface area contributed by atoms with Gasteiger partial charge in [-0.3, -0.25) is 13.6 Å². The van der Waals surface area contributed by atoms with E-state index in [1.54, 1.807) is 6.07 Å². The molecule has 0 saturated carbocycles. The summed E-state index contributed by atoms with van der Waals surface area (Å²) in [5.74, 6) is -0.327. The van der Waals surface area contributed by atoms with Crippen molar-refractivity contribution in [1.29, 1.82) is 5.26 Å². The molecule has 2 aromatic rings. The minimum Gasteiger partial charge on any atom is -0.383 e. The van der Waals surface area contributed by atoms with Crippen LogP contribution in [0.4, 0.5) is 32.8 Å². The molecular weight excluding hydrogens is 410 g/mol. The number of nitrogens with two attached hydrogens (primary N) is 1. The zero-order valence-corrected chi connectivity index (χ0v) is 14.4. The van der Waals surface area contributed by atoms with Gasteiger partial charge in [0, 0.05) is 0 Å². The Hall–Kier alpha value is -2.26.